The van der Waals surface area contributed by atoms with Gasteiger partial charge in [0.15, 0.2) is 12.3 Å². The minimum Gasteiger partial charge on any atom is -0.370 e. The molecule has 0 amide bonds. The molecule has 6 atom stereocenters. The van der Waals surface area contributed by atoms with Gasteiger partial charge in [0, 0.05) is 0 Å². The van der Waals surface area contributed by atoms with Crippen molar-refractivity contribution in [2.24, 2.45) is 0 Å². The van der Waals surface area contributed by atoms with E-state index in [1.165, 1.54) is 0 Å². The van der Waals surface area contributed by atoms with Gasteiger partial charge in [-0.1, -0.05) is 0 Å². The summed E-state index contributed by atoms with van der Waals surface area (Å²) in [5.41, 5.74) is 0. The predicted molar refractivity (Wildman–Crippen MR) is 69.8 cm³/mol. The van der Waals surface area contributed by atoms with E-state index in [9.17, 15) is 70.2 Å². The van der Waals surface area contributed by atoms with Crippen molar-refractivity contribution in [1.82, 2.24) is 0 Å². The van der Waals surface area contributed by atoms with Gasteiger partial charge in [0.2, 0.25) is 0 Å². The Morgan fingerprint density at radius 2 is 0.788 bits per heavy atom. The summed E-state index contributed by atoms with van der Waals surface area (Å²) in [6.45, 7) is -1.86. The first-order chi connectivity index (χ1) is 14.5. The van der Waals surface area contributed by atoms with Gasteiger partial charge in [-0.25, -0.2) is 8.78 Å². The van der Waals surface area contributed by atoms with Crippen LogP contribution in [-0.2, 0) is 14.2 Å². The van der Waals surface area contributed by atoms with Gasteiger partial charge < -0.3 is 14.2 Å². The Kier molecular flexibility index (Phi) is 6.93. The molecule has 2 saturated heterocycles. The number of hydrogen-bond acceptors (Lipinski definition) is 3. The molecule has 2 rings (SSSR count). The number of hydrogen-bond donors (Lipinski definition) is 0. The highest BCUT2D eigenvalue weighted by atomic mass is 19.4. The van der Waals surface area contributed by atoms with Crippen molar-refractivity contribution in [2.45, 2.75) is 72.8 Å². The van der Waals surface area contributed by atoms with Crippen LogP contribution < -0.4 is 0 Å². The van der Waals surface area contributed by atoms with Gasteiger partial charge in [0.05, 0.1) is 13.2 Å². The highest BCUT2D eigenvalue weighted by Gasteiger charge is 2.79. The third-order valence-corrected chi connectivity index (χ3v) is 4.58. The lowest BCUT2D eigenvalue weighted by molar-refractivity contribution is -0.378. The second kappa shape index (κ2) is 8.17. The molecule has 0 aromatic rings. The summed E-state index contributed by atoms with van der Waals surface area (Å²) in [5, 5.41) is 0. The highest BCUT2D eigenvalue weighted by molar-refractivity contribution is 5.06. The second-order valence-electron chi connectivity index (χ2n) is 7.00. The van der Waals surface area contributed by atoms with E-state index >= 15 is 0 Å². The number of rotatable bonds is 10. The van der Waals surface area contributed by atoms with Crippen LogP contribution in [0.5, 0.6) is 0 Å². The van der Waals surface area contributed by atoms with Gasteiger partial charge in [-0.15, -0.1) is 0 Å². The molecule has 0 bridgehead atoms. The van der Waals surface area contributed by atoms with Gasteiger partial charge >= 0.3 is 36.0 Å². The predicted octanol–water partition coefficient (Wildman–Crippen LogP) is 4.88. The van der Waals surface area contributed by atoms with Crippen LogP contribution in [0.1, 0.15) is 0 Å². The monoisotopic (exact) mass is 530 g/mol. The van der Waals surface area contributed by atoms with Crippen LogP contribution in [0.4, 0.5) is 70.2 Å². The molecule has 0 radical (unpaired) electrons. The zero-order valence-electron chi connectivity index (χ0n) is 15.2. The summed E-state index contributed by atoms with van der Waals surface area (Å²) >= 11 is 0. The van der Waals surface area contributed by atoms with Crippen LogP contribution in [0, 0.1) is 0 Å². The third-order valence-electron chi connectivity index (χ3n) is 4.58. The van der Waals surface area contributed by atoms with Crippen LogP contribution in [0.3, 0.4) is 0 Å². The van der Waals surface area contributed by atoms with Gasteiger partial charge in [-0.05, 0) is 0 Å². The second-order valence-corrected chi connectivity index (χ2v) is 7.00. The Morgan fingerprint density at radius 3 is 0.970 bits per heavy atom. The van der Waals surface area contributed by atoms with Crippen molar-refractivity contribution in [3.05, 3.63) is 0 Å². The van der Waals surface area contributed by atoms with Crippen LogP contribution in [0.15, 0.2) is 0 Å². The average Bonchev–Trinajstić information content (AvgIpc) is 3.51. The van der Waals surface area contributed by atoms with Crippen molar-refractivity contribution in [3.63, 3.8) is 0 Å². The van der Waals surface area contributed by atoms with E-state index in [0.29, 0.717) is 0 Å². The van der Waals surface area contributed by atoms with Crippen molar-refractivity contribution < 1.29 is 84.5 Å². The number of halogens is 16. The van der Waals surface area contributed by atoms with Gasteiger partial charge in [-0.2, -0.15) is 61.5 Å². The fourth-order valence-electron chi connectivity index (χ4n) is 2.50. The van der Waals surface area contributed by atoms with Crippen LogP contribution in [0.2, 0.25) is 0 Å². The van der Waals surface area contributed by atoms with E-state index in [4.69, 9.17) is 0 Å². The molecule has 0 N–H and O–H groups in total. The smallest absolute Gasteiger partial charge is 0.370 e. The Labute approximate surface area is 171 Å². The lowest BCUT2D eigenvalue weighted by atomic mass is 9.97. The molecule has 196 valence electrons. The van der Waals surface area contributed by atoms with Gasteiger partial charge in [0.1, 0.15) is 24.4 Å². The maximum absolute atomic E-state index is 14.2. The third kappa shape index (κ3) is 4.81. The number of alkyl halides is 16. The summed E-state index contributed by atoms with van der Waals surface area (Å²) in [5.74, 6) is -27.6. The number of epoxide rings is 2. The van der Waals surface area contributed by atoms with E-state index < -0.39 is 86.0 Å². The Hall–Kier alpha value is -1.24. The molecule has 19 heteroatoms. The minimum atomic E-state index is -7.09. The number of ether oxygens (including phenoxy) is 3. The molecule has 0 spiro atoms. The quantitative estimate of drug-likeness (QED) is 0.299. The molecular formula is C14H10F16O3. The SMILES string of the molecule is FC(C(OC(C1CO1)C(F)C(F)(F)C(F)(F)C(F)(F)F)C1CO1)C(F)(F)C(F)(F)C(F)(F)F. The van der Waals surface area contributed by atoms with E-state index in [1.54, 1.807) is 0 Å². The highest BCUT2D eigenvalue weighted by Crippen LogP contribution is 2.53. The Morgan fingerprint density at radius 1 is 0.545 bits per heavy atom. The topological polar surface area (TPSA) is 34.3 Å². The molecule has 3 nitrogen and oxygen atoms in total. The summed E-state index contributed by atoms with van der Waals surface area (Å²) in [6.07, 6.45) is -34.9. The summed E-state index contributed by atoms with van der Waals surface area (Å²) in [6, 6.07) is 0. The Bertz CT molecular complexity index is 638. The first-order valence-corrected chi connectivity index (χ1v) is 8.33. The van der Waals surface area contributed by atoms with E-state index in [0.717, 1.165) is 0 Å². The van der Waals surface area contributed by atoms with Crippen LogP contribution >= 0.6 is 0 Å². The van der Waals surface area contributed by atoms with Crippen LogP contribution in [-0.4, -0.2) is 86.0 Å². The molecule has 6 unspecified atom stereocenters. The molecule has 2 aliphatic rings. The van der Waals surface area contributed by atoms with E-state index in [-0.39, 0.29) is 0 Å². The molecule has 33 heavy (non-hydrogen) atoms. The van der Waals surface area contributed by atoms with Crippen molar-refractivity contribution in [3.8, 4) is 0 Å². The molecule has 2 aliphatic heterocycles. The molecule has 0 aliphatic carbocycles. The zero-order valence-corrected chi connectivity index (χ0v) is 15.2. The maximum atomic E-state index is 14.2. The van der Waals surface area contributed by atoms with Crippen molar-refractivity contribution in [2.75, 3.05) is 13.2 Å². The summed E-state index contributed by atoms with van der Waals surface area (Å²) in [4.78, 5) is 0. The molecule has 0 saturated carbocycles. The lowest BCUT2D eigenvalue weighted by Gasteiger charge is -2.37. The first kappa shape index (κ1) is 28.0. The molecule has 2 fully saturated rings. The first-order valence-electron chi connectivity index (χ1n) is 8.33. The summed E-state index contributed by atoms with van der Waals surface area (Å²) < 4.78 is 221. The van der Waals surface area contributed by atoms with Crippen molar-refractivity contribution in [1.29, 1.82) is 0 Å². The zero-order chi connectivity index (χ0) is 26.0. The molecule has 0 aromatic carbocycles. The van der Waals surface area contributed by atoms with Gasteiger partial charge in [-0.3, -0.25) is 0 Å². The fraction of sp³-hybridized carbons (Fsp3) is 1.00. The standard InChI is InChI=1S/C14H10F16O3/c15-7(9(17,18)11(21,22)13(25,26)27)5(3-1-31-3)33-6(4-2-32-4)8(16)10(19,20)12(23,24)14(28,29)30/h3-8H,1-2H2. The van der Waals surface area contributed by atoms with E-state index in [1.807, 2.05) is 0 Å². The fourth-order valence-corrected chi connectivity index (χ4v) is 2.50. The van der Waals surface area contributed by atoms with Gasteiger partial charge in [0.25, 0.3) is 0 Å². The minimum absolute atomic E-state index is 0.928. The summed E-state index contributed by atoms with van der Waals surface area (Å²) in [7, 11) is 0. The lowest BCUT2D eigenvalue weighted by Crippen LogP contribution is -2.63. The largest absolute Gasteiger partial charge is 0.459 e. The normalized spacial score (nSPS) is 26.5. The van der Waals surface area contributed by atoms with Crippen LogP contribution in [0.25, 0.3) is 0 Å². The maximum Gasteiger partial charge on any atom is 0.459 e. The Balaban J connectivity index is 2.37. The molecule has 2 heterocycles. The van der Waals surface area contributed by atoms with Crippen molar-refractivity contribution >= 4 is 0 Å². The molecule has 0 aromatic heterocycles. The average molecular weight is 530 g/mol. The van der Waals surface area contributed by atoms with E-state index in [2.05, 4.69) is 14.2 Å². The molecular weight excluding hydrogens is 520 g/mol.